The summed E-state index contributed by atoms with van der Waals surface area (Å²) in [5.74, 6) is 0. The molecule has 0 aliphatic carbocycles. The molecule has 0 saturated carbocycles. The molecule has 0 aliphatic heterocycles. The predicted molar refractivity (Wildman–Crippen MR) is 52.7 cm³/mol. The number of rotatable bonds is 7. The van der Waals surface area contributed by atoms with Crippen LogP contribution in [0.4, 0.5) is 13.2 Å². The number of hydrogen-bond donors (Lipinski definition) is 2. The maximum Gasteiger partial charge on any atom is 0.401 e. The highest BCUT2D eigenvalue weighted by Gasteiger charge is 2.26. The van der Waals surface area contributed by atoms with Gasteiger partial charge in [0.25, 0.3) is 0 Å². The van der Waals surface area contributed by atoms with Gasteiger partial charge < -0.3 is 10.4 Å². The third-order valence-electron chi connectivity index (χ3n) is 2.02. The summed E-state index contributed by atoms with van der Waals surface area (Å²) in [6.07, 6.45) is -4.15. The summed E-state index contributed by atoms with van der Waals surface area (Å²) in [6, 6.07) is 0.227. The van der Waals surface area contributed by atoms with Gasteiger partial charge in [-0.1, -0.05) is 0 Å². The third kappa shape index (κ3) is 8.65. The molecular formula is C9H19F3N2O. The van der Waals surface area contributed by atoms with E-state index in [4.69, 9.17) is 5.11 Å². The Morgan fingerprint density at radius 1 is 1.27 bits per heavy atom. The van der Waals surface area contributed by atoms with Crippen LogP contribution < -0.4 is 5.32 Å². The predicted octanol–water partition coefficient (Wildman–Crippen LogP) is 0.841. The molecule has 3 nitrogen and oxygen atoms in total. The number of nitrogens with one attached hydrogen (secondary N) is 1. The zero-order valence-corrected chi connectivity index (χ0v) is 9.14. The smallest absolute Gasteiger partial charge is 0.395 e. The van der Waals surface area contributed by atoms with Crippen LogP contribution in [0.15, 0.2) is 0 Å². The van der Waals surface area contributed by atoms with Crippen molar-refractivity contribution >= 4 is 0 Å². The maximum absolute atomic E-state index is 11.8. The normalized spacial score (nSPS) is 12.8. The van der Waals surface area contributed by atoms with Crippen LogP contribution in [-0.2, 0) is 0 Å². The van der Waals surface area contributed by atoms with Gasteiger partial charge in [0.05, 0.1) is 13.2 Å². The van der Waals surface area contributed by atoms with Gasteiger partial charge in [0.15, 0.2) is 0 Å². The molecule has 0 aromatic heterocycles. The van der Waals surface area contributed by atoms with Gasteiger partial charge >= 0.3 is 6.18 Å². The summed E-state index contributed by atoms with van der Waals surface area (Å²) in [4.78, 5) is 1.92. The minimum Gasteiger partial charge on any atom is -0.395 e. The highest BCUT2D eigenvalue weighted by molar-refractivity contribution is 4.65. The number of aliphatic hydroxyl groups excluding tert-OH is 1. The quantitative estimate of drug-likeness (QED) is 0.634. The Morgan fingerprint density at radius 3 is 2.27 bits per heavy atom. The lowest BCUT2D eigenvalue weighted by molar-refractivity contribution is -0.124. The van der Waals surface area contributed by atoms with Gasteiger partial charge in [0, 0.05) is 25.7 Å². The molecule has 0 aromatic carbocycles. The van der Waals surface area contributed by atoms with Gasteiger partial charge in [-0.3, -0.25) is 4.90 Å². The Labute approximate surface area is 88.3 Å². The number of alkyl halides is 3. The molecule has 15 heavy (non-hydrogen) atoms. The summed E-state index contributed by atoms with van der Waals surface area (Å²) in [6.45, 7) is 4.23. The second-order valence-electron chi connectivity index (χ2n) is 3.65. The van der Waals surface area contributed by atoms with E-state index >= 15 is 0 Å². The number of halogens is 3. The van der Waals surface area contributed by atoms with E-state index < -0.39 is 12.7 Å². The van der Waals surface area contributed by atoms with E-state index in [0.29, 0.717) is 13.1 Å². The molecule has 0 saturated heterocycles. The van der Waals surface area contributed by atoms with Crippen LogP contribution in [0.2, 0.25) is 0 Å². The van der Waals surface area contributed by atoms with Crippen LogP contribution in [0.25, 0.3) is 0 Å². The Balaban J connectivity index is 3.62. The second kappa shape index (κ2) is 7.03. The van der Waals surface area contributed by atoms with Crippen LogP contribution >= 0.6 is 0 Å². The van der Waals surface area contributed by atoms with Crippen molar-refractivity contribution < 1.29 is 18.3 Å². The molecule has 0 heterocycles. The lowest BCUT2D eigenvalue weighted by atomic mass is 10.3. The first kappa shape index (κ1) is 14.7. The van der Waals surface area contributed by atoms with Crippen LogP contribution in [0.1, 0.15) is 13.8 Å². The van der Waals surface area contributed by atoms with Crippen molar-refractivity contribution in [3.8, 4) is 0 Å². The van der Waals surface area contributed by atoms with Crippen molar-refractivity contribution in [3.05, 3.63) is 0 Å². The lowest BCUT2D eigenvalue weighted by Crippen LogP contribution is -2.40. The topological polar surface area (TPSA) is 35.5 Å². The molecule has 6 heteroatoms. The van der Waals surface area contributed by atoms with Crippen LogP contribution in [0, 0.1) is 0 Å². The van der Waals surface area contributed by atoms with Gasteiger partial charge in [-0.05, 0) is 13.8 Å². The zero-order chi connectivity index (χ0) is 11.9. The SMILES string of the molecule is CC(C)N(CCO)CCNCC(F)(F)F. The Hall–Kier alpha value is -0.330. The molecule has 0 aliphatic rings. The van der Waals surface area contributed by atoms with Gasteiger partial charge in [0.1, 0.15) is 0 Å². The van der Waals surface area contributed by atoms with Crippen molar-refractivity contribution in [2.24, 2.45) is 0 Å². The van der Waals surface area contributed by atoms with E-state index in [-0.39, 0.29) is 19.2 Å². The molecule has 2 N–H and O–H groups in total. The highest BCUT2D eigenvalue weighted by atomic mass is 19.4. The summed E-state index contributed by atoms with van der Waals surface area (Å²) < 4.78 is 35.3. The molecule has 92 valence electrons. The molecule has 0 unspecified atom stereocenters. The Bertz CT molecular complexity index is 162. The average Bonchev–Trinajstić information content (AvgIpc) is 2.08. The van der Waals surface area contributed by atoms with Gasteiger partial charge in [-0.2, -0.15) is 13.2 Å². The summed E-state index contributed by atoms with van der Waals surface area (Å²) >= 11 is 0. The zero-order valence-electron chi connectivity index (χ0n) is 9.14. The molecule has 0 fully saturated rings. The molecule has 0 atom stereocenters. The first-order valence-corrected chi connectivity index (χ1v) is 4.99. The molecule has 0 amide bonds. The summed E-state index contributed by atoms with van der Waals surface area (Å²) in [7, 11) is 0. The first-order valence-electron chi connectivity index (χ1n) is 4.99. The fraction of sp³-hybridized carbons (Fsp3) is 1.00. The monoisotopic (exact) mass is 228 g/mol. The van der Waals surface area contributed by atoms with Crippen molar-refractivity contribution in [1.82, 2.24) is 10.2 Å². The van der Waals surface area contributed by atoms with Crippen molar-refractivity contribution in [2.45, 2.75) is 26.1 Å². The van der Waals surface area contributed by atoms with Gasteiger partial charge in [-0.15, -0.1) is 0 Å². The Morgan fingerprint density at radius 2 is 1.87 bits per heavy atom. The minimum absolute atomic E-state index is 0.0252. The van der Waals surface area contributed by atoms with Gasteiger partial charge in [0.2, 0.25) is 0 Å². The van der Waals surface area contributed by atoms with Crippen LogP contribution in [-0.4, -0.2) is 55.0 Å². The van der Waals surface area contributed by atoms with E-state index in [1.165, 1.54) is 0 Å². The third-order valence-corrected chi connectivity index (χ3v) is 2.02. The molecule has 0 bridgehead atoms. The molecule has 0 rings (SSSR count). The van der Waals surface area contributed by atoms with Crippen molar-refractivity contribution in [2.75, 3.05) is 32.8 Å². The molecule has 0 radical (unpaired) electrons. The summed E-state index contributed by atoms with van der Waals surface area (Å²) in [5.41, 5.74) is 0. The fourth-order valence-electron chi connectivity index (χ4n) is 1.21. The summed E-state index contributed by atoms with van der Waals surface area (Å²) in [5, 5.41) is 11.1. The van der Waals surface area contributed by atoms with Gasteiger partial charge in [-0.25, -0.2) is 0 Å². The van der Waals surface area contributed by atoms with E-state index in [0.717, 1.165) is 0 Å². The average molecular weight is 228 g/mol. The number of hydrogen-bond acceptors (Lipinski definition) is 3. The highest BCUT2D eigenvalue weighted by Crippen LogP contribution is 2.11. The van der Waals surface area contributed by atoms with E-state index in [9.17, 15) is 13.2 Å². The lowest BCUT2D eigenvalue weighted by Gasteiger charge is -2.25. The second-order valence-corrected chi connectivity index (χ2v) is 3.65. The van der Waals surface area contributed by atoms with Crippen LogP contribution in [0.3, 0.4) is 0 Å². The van der Waals surface area contributed by atoms with E-state index in [2.05, 4.69) is 5.32 Å². The molecule has 0 aromatic rings. The first-order chi connectivity index (χ1) is 6.87. The standard InChI is InChI=1S/C9H19F3N2O/c1-8(2)14(5-6-15)4-3-13-7-9(10,11)12/h8,13,15H,3-7H2,1-2H3. The van der Waals surface area contributed by atoms with E-state index in [1.807, 2.05) is 18.7 Å². The van der Waals surface area contributed by atoms with E-state index in [1.54, 1.807) is 0 Å². The van der Waals surface area contributed by atoms with Crippen molar-refractivity contribution in [3.63, 3.8) is 0 Å². The Kier molecular flexibility index (Phi) is 6.87. The maximum atomic E-state index is 11.8. The number of aliphatic hydroxyl groups is 1. The van der Waals surface area contributed by atoms with Crippen LogP contribution in [0.5, 0.6) is 0 Å². The fourth-order valence-corrected chi connectivity index (χ4v) is 1.21. The largest absolute Gasteiger partial charge is 0.401 e. The van der Waals surface area contributed by atoms with Crippen molar-refractivity contribution in [1.29, 1.82) is 0 Å². The molecular weight excluding hydrogens is 209 g/mol. The number of nitrogens with zero attached hydrogens (tertiary/aromatic N) is 1. The minimum atomic E-state index is -4.15. The molecule has 0 spiro atoms.